The zero-order chi connectivity index (χ0) is 20.6. The number of carbonyl (C=O) groups excluding carboxylic acids is 1. The Morgan fingerprint density at radius 3 is 2.79 bits per heavy atom. The Kier molecular flexibility index (Phi) is 4.14. The first-order chi connectivity index (χ1) is 13.7. The van der Waals surface area contributed by atoms with Gasteiger partial charge in [-0.3, -0.25) is 4.79 Å². The third-order valence-corrected chi connectivity index (χ3v) is 8.83. The lowest BCUT2D eigenvalue weighted by Gasteiger charge is -2.39. The van der Waals surface area contributed by atoms with Gasteiger partial charge in [0.1, 0.15) is 10.9 Å². The minimum atomic E-state index is -3.40. The van der Waals surface area contributed by atoms with Gasteiger partial charge in [0.25, 0.3) is 5.91 Å². The molecule has 0 aliphatic carbocycles. The van der Waals surface area contributed by atoms with Gasteiger partial charge in [-0.2, -0.15) is 4.31 Å². The van der Waals surface area contributed by atoms with Crippen molar-refractivity contribution in [1.29, 1.82) is 0 Å². The summed E-state index contributed by atoms with van der Waals surface area (Å²) in [7, 11) is -1.47. The van der Waals surface area contributed by atoms with E-state index in [1.807, 2.05) is 60.8 Å². The summed E-state index contributed by atoms with van der Waals surface area (Å²) in [6.07, 6.45) is 2.12. The molecule has 2 aromatic rings. The monoisotopic (exact) mass is 417 g/mol. The van der Waals surface area contributed by atoms with Gasteiger partial charge in [-0.25, -0.2) is 8.42 Å². The number of amides is 1. The maximum absolute atomic E-state index is 13.4. The molecule has 156 valence electrons. The minimum Gasteiger partial charge on any atom is -0.365 e. The first-order valence-corrected chi connectivity index (χ1v) is 11.7. The molecular formula is C21H27N3O4S. The van der Waals surface area contributed by atoms with Crippen molar-refractivity contribution in [2.75, 3.05) is 26.2 Å². The fraction of sp³-hybridized carbons (Fsp3) is 0.571. The number of morpholine rings is 1. The topological polar surface area (TPSA) is 71.8 Å². The summed E-state index contributed by atoms with van der Waals surface area (Å²) in [6, 6.07) is 7.85. The average molecular weight is 418 g/mol. The van der Waals surface area contributed by atoms with Crippen molar-refractivity contribution in [1.82, 2.24) is 13.8 Å². The number of sulfonamides is 1. The number of aryl methyl sites for hydroxylation is 1. The molecular weight excluding hydrogens is 390 g/mol. The van der Waals surface area contributed by atoms with Crippen LogP contribution in [0.1, 0.15) is 30.6 Å². The van der Waals surface area contributed by atoms with E-state index in [0.717, 1.165) is 10.9 Å². The Morgan fingerprint density at radius 2 is 2.03 bits per heavy atom. The summed E-state index contributed by atoms with van der Waals surface area (Å²) >= 11 is 0. The fourth-order valence-electron chi connectivity index (χ4n) is 5.36. The van der Waals surface area contributed by atoms with Gasteiger partial charge in [-0.05, 0) is 18.4 Å². The summed E-state index contributed by atoms with van der Waals surface area (Å²) in [6.45, 7) is 5.63. The maximum Gasteiger partial charge on any atom is 0.256 e. The molecule has 1 amide bonds. The van der Waals surface area contributed by atoms with Crippen LogP contribution in [0.4, 0.5) is 0 Å². The van der Waals surface area contributed by atoms with Crippen molar-refractivity contribution < 1.29 is 17.9 Å². The lowest BCUT2D eigenvalue weighted by atomic mass is 9.98. The molecule has 3 fully saturated rings. The number of aromatic nitrogens is 1. The van der Waals surface area contributed by atoms with Crippen molar-refractivity contribution in [3.8, 4) is 0 Å². The van der Waals surface area contributed by atoms with Crippen LogP contribution in [0.15, 0.2) is 30.5 Å². The normalized spacial score (nSPS) is 31.0. The number of carbonyl (C=O) groups is 1. The second-order valence-electron chi connectivity index (χ2n) is 9.12. The van der Waals surface area contributed by atoms with E-state index < -0.39 is 20.9 Å². The van der Waals surface area contributed by atoms with Gasteiger partial charge in [0.15, 0.2) is 0 Å². The Labute approximate surface area is 171 Å². The molecule has 1 aromatic heterocycles. The average Bonchev–Trinajstić information content (AvgIpc) is 3.20. The second-order valence-corrected chi connectivity index (χ2v) is 11.2. The van der Waals surface area contributed by atoms with Crippen molar-refractivity contribution in [3.05, 3.63) is 36.0 Å². The lowest BCUT2D eigenvalue weighted by Crippen LogP contribution is -2.56. The molecule has 0 radical (unpaired) electrons. The Morgan fingerprint density at radius 1 is 1.28 bits per heavy atom. The van der Waals surface area contributed by atoms with E-state index in [2.05, 4.69) is 0 Å². The number of hydrogen-bond acceptors (Lipinski definition) is 4. The molecule has 3 atom stereocenters. The van der Waals surface area contributed by atoms with Gasteiger partial charge in [0, 0.05) is 43.8 Å². The van der Waals surface area contributed by atoms with Gasteiger partial charge >= 0.3 is 0 Å². The van der Waals surface area contributed by atoms with E-state index in [1.54, 1.807) is 4.31 Å². The highest BCUT2D eigenvalue weighted by atomic mass is 32.2. The molecule has 1 spiro atoms. The molecule has 1 aromatic carbocycles. The van der Waals surface area contributed by atoms with Crippen molar-refractivity contribution in [2.45, 2.75) is 37.2 Å². The first kappa shape index (κ1) is 19.1. The maximum atomic E-state index is 13.4. The summed E-state index contributed by atoms with van der Waals surface area (Å²) in [5.41, 5.74) is 0.864. The highest BCUT2D eigenvalue weighted by Crippen LogP contribution is 2.47. The van der Waals surface area contributed by atoms with E-state index in [4.69, 9.17) is 4.74 Å². The smallest absolute Gasteiger partial charge is 0.256 e. The second kappa shape index (κ2) is 6.30. The van der Waals surface area contributed by atoms with Crippen LogP contribution in [-0.2, 0) is 21.8 Å². The first-order valence-electron chi connectivity index (χ1n) is 10.2. The molecule has 2 bridgehead atoms. The highest BCUT2D eigenvalue weighted by molar-refractivity contribution is 7.90. The van der Waals surface area contributed by atoms with E-state index in [0.29, 0.717) is 38.2 Å². The zero-order valence-corrected chi connectivity index (χ0v) is 17.9. The molecule has 0 saturated carbocycles. The van der Waals surface area contributed by atoms with Gasteiger partial charge in [0.2, 0.25) is 10.0 Å². The molecule has 4 heterocycles. The molecule has 0 unspecified atom stereocenters. The number of rotatable bonds is 3. The van der Waals surface area contributed by atoms with Gasteiger partial charge in [-0.1, -0.05) is 32.0 Å². The van der Waals surface area contributed by atoms with E-state index >= 15 is 0 Å². The zero-order valence-electron chi connectivity index (χ0n) is 17.0. The van der Waals surface area contributed by atoms with E-state index in [9.17, 15) is 13.2 Å². The summed E-state index contributed by atoms with van der Waals surface area (Å²) in [4.78, 5) is 15.3. The number of para-hydroxylation sites is 1. The summed E-state index contributed by atoms with van der Waals surface area (Å²) in [5, 5.41) is 0.373. The molecule has 5 rings (SSSR count). The van der Waals surface area contributed by atoms with Gasteiger partial charge < -0.3 is 14.2 Å². The van der Waals surface area contributed by atoms with Gasteiger partial charge in [-0.15, -0.1) is 0 Å². The lowest BCUT2D eigenvalue weighted by molar-refractivity contribution is -0.0979. The Bertz CT molecular complexity index is 1090. The van der Waals surface area contributed by atoms with Gasteiger partial charge in [0.05, 0.1) is 18.2 Å². The van der Waals surface area contributed by atoms with E-state index in [1.165, 1.54) is 0 Å². The predicted molar refractivity (Wildman–Crippen MR) is 110 cm³/mol. The predicted octanol–water partition coefficient (Wildman–Crippen LogP) is 1.83. The Hall–Kier alpha value is -1.90. The molecule has 8 heteroatoms. The SMILES string of the molecule is CC(C)CN1C[C@@]23CN(C(=O)c4cn(C)c5ccccc45)C[C@@H](C[C@@H]2S1(=O)=O)O3. The largest absolute Gasteiger partial charge is 0.365 e. The third kappa shape index (κ3) is 2.76. The van der Waals surface area contributed by atoms with Crippen LogP contribution in [0.25, 0.3) is 10.9 Å². The van der Waals surface area contributed by atoms with Crippen LogP contribution >= 0.6 is 0 Å². The number of fused-ring (bicyclic) bond motifs is 2. The number of benzene rings is 1. The third-order valence-electron chi connectivity index (χ3n) is 6.49. The van der Waals surface area contributed by atoms with Crippen LogP contribution in [0.2, 0.25) is 0 Å². The number of hydrogen-bond donors (Lipinski definition) is 0. The minimum absolute atomic E-state index is 0.0465. The van der Waals surface area contributed by atoms with Crippen molar-refractivity contribution in [2.24, 2.45) is 13.0 Å². The van der Waals surface area contributed by atoms with Crippen LogP contribution in [0.3, 0.4) is 0 Å². The van der Waals surface area contributed by atoms with Crippen LogP contribution in [-0.4, -0.2) is 71.2 Å². The Balaban J connectivity index is 1.47. The molecule has 3 aliphatic rings. The molecule has 3 aliphatic heterocycles. The quantitative estimate of drug-likeness (QED) is 0.764. The highest BCUT2D eigenvalue weighted by Gasteiger charge is 2.65. The van der Waals surface area contributed by atoms with Crippen LogP contribution in [0.5, 0.6) is 0 Å². The van der Waals surface area contributed by atoms with Crippen molar-refractivity contribution >= 4 is 26.8 Å². The molecule has 0 N–H and O–H groups in total. The molecule has 29 heavy (non-hydrogen) atoms. The fourth-order valence-corrected chi connectivity index (χ4v) is 7.83. The molecule has 3 saturated heterocycles. The number of likely N-dealkylation sites (tertiary alicyclic amines) is 1. The summed E-state index contributed by atoms with van der Waals surface area (Å²) < 4.78 is 36.0. The summed E-state index contributed by atoms with van der Waals surface area (Å²) in [5.74, 6) is 0.197. The van der Waals surface area contributed by atoms with Crippen molar-refractivity contribution in [3.63, 3.8) is 0 Å². The van der Waals surface area contributed by atoms with Crippen LogP contribution in [0, 0.1) is 5.92 Å². The van der Waals surface area contributed by atoms with Crippen LogP contribution < -0.4 is 0 Å². The number of ether oxygens (including phenoxy) is 1. The standard InChI is InChI=1S/C21H27N3O4S/c1-14(2)9-24-13-21-12-23(10-15(28-21)8-19(21)29(24,26)27)20(25)17-11-22(3)18-7-5-4-6-16(17)18/h4-7,11,14-15,19H,8-10,12-13H2,1-3H3/t15-,19+,21+/m1/s1. The number of nitrogens with zero attached hydrogens (tertiary/aromatic N) is 3. The molecule has 7 nitrogen and oxygen atoms in total. The van der Waals surface area contributed by atoms with E-state index in [-0.39, 0.29) is 17.9 Å².